The first kappa shape index (κ1) is 11.2. The van der Waals surface area contributed by atoms with E-state index < -0.39 is 0 Å². The van der Waals surface area contributed by atoms with Crippen LogP contribution in [0.25, 0.3) is 0 Å². The third kappa shape index (κ3) is 1.65. The zero-order valence-electron chi connectivity index (χ0n) is 10.9. The molecule has 1 heteroatoms. The fourth-order valence-electron chi connectivity index (χ4n) is 3.65. The van der Waals surface area contributed by atoms with Crippen molar-refractivity contribution < 1.29 is 0 Å². The second kappa shape index (κ2) is 3.35. The molecule has 0 radical (unpaired) electrons. The lowest BCUT2D eigenvalue weighted by molar-refractivity contribution is 0.0907. The van der Waals surface area contributed by atoms with Crippen LogP contribution in [0.2, 0.25) is 0 Å². The lowest BCUT2D eigenvalue weighted by atomic mass is 9.55. The van der Waals surface area contributed by atoms with Crippen LogP contribution < -0.4 is 0 Å². The Morgan fingerprint density at radius 3 is 2.67 bits per heavy atom. The van der Waals surface area contributed by atoms with Crippen LogP contribution in [-0.4, -0.2) is 25.0 Å². The summed E-state index contributed by atoms with van der Waals surface area (Å²) in [7, 11) is 2.24. The first-order chi connectivity index (χ1) is 6.86. The molecule has 0 aromatic heterocycles. The van der Waals surface area contributed by atoms with Crippen LogP contribution in [0.15, 0.2) is 11.6 Å². The van der Waals surface area contributed by atoms with Gasteiger partial charge in [0.2, 0.25) is 0 Å². The summed E-state index contributed by atoms with van der Waals surface area (Å²) >= 11 is 0. The predicted molar refractivity (Wildman–Crippen MR) is 65.9 cm³/mol. The number of rotatable bonds is 0. The van der Waals surface area contributed by atoms with E-state index >= 15 is 0 Å². The number of fused-ring (bicyclic) bond motifs is 1. The summed E-state index contributed by atoms with van der Waals surface area (Å²) < 4.78 is 0. The van der Waals surface area contributed by atoms with E-state index in [1.54, 1.807) is 5.57 Å². The molecule has 0 spiro atoms. The zero-order chi connectivity index (χ0) is 11.3. The average Bonchev–Trinajstić information content (AvgIpc) is 2.11. The number of hydrogen-bond acceptors (Lipinski definition) is 1. The van der Waals surface area contributed by atoms with Gasteiger partial charge in [0.15, 0.2) is 0 Å². The molecule has 0 aromatic rings. The van der Waals surface area contributed by atoms with E-state index in [-0.39, 0.29) is 0 Å². The summed E-state index contributed by atoms with van der Waals surface area (Å²) in [4.78, 5) is 2.45. The Hall–Kier alpha value is -0.300. The van der Waals surface area contributed by atoms with Gasteiger partial charge in [0.1, 0.15) is 0 Å². The topological polar surface area (TPSA) is 3.24 Å². The minimum Gasteiger partial charge on any atom is -0.302 e. The summed E-state index contributed by atoms with van der Waals surface area (Å²) in [5.41, 5.74) is 2.59. The van der Waals surface area contributed by atoms with Gasteiger partial charge in [-0.1, -0.05) is 39.3 Å². The molecule has 1 fully saturated rings. The van der Waals surface area contributed by atoms with Gasteiger partial charge in [-0.3, -0.25) is 0 Å². The Morgan fingerprint density at radius 2 is 2.00 bits per heavy atom. The molecule has 1 aliphatic heterocycles. The van der Waals surface area contributed by atoms with E-state index in [1.165, 1.54) is 19.4 Å². The summed E-state index contributed by atoms with van der Waals surface area (Å²) in [6.45, 7) is 12.1. The standard InChI is InChI=1S/C14H25N/c1-11-6-8-14(4)10-15(5)9-7-12(14)13(11,2)3/h7,11H,6,8-10H2,1-5H3/t11-,14+/m0/s1. The second-order valence-electron chi connectivity index (χ2n) is 6.54. The molecular weight excluding hydrogens is 182 g/mol. The Balaban J connectivity index is 2.38. The Kier molecular flexibility index (Phi) is 2.50. The number of hydrogen-bond donors (Lipinski definition) is 0. The quantitative estimate of drug-likeness (QED) is 0.551. The van der Waals surface area contributed by atoms with Crippen molar-refractivity contribution in [1.29, 1.82) is 0 Å². The van der Waals surface area contributed by atoms with Crippen LogP contribution in [0.4, 0.5) is 0 Å². The highest BCUT2D eigenvalue weighted by atomic mass is 15.1. The number of likely N-dealkylation sites (N-methyl/N-ethyl adjacent to an activating group) is 1. The van der Waals surface area contributed by atoms with E-state index in [2.05, 4.69) is 45.7 Å². The van der Waals surface area contributed by atoms with Crippen LogP contribution in [0.1, 0.15) is 40.5 Å². The fourth-order valence-corrected chi connectivity index (χ4v) is 3.65. The van der Waals surface area contributed by atoms with Crippen LogP contribution >= 0.6 is 0 Å². The van der Waals surface area contributed by atoms with Gasteiger partial charge >= 0.3 is 0 Å². The van der Waals surface area contributed by atoms with E-state index in [0.717, 1.165) is 12.5 Å². The number of nitrogens with zero attached hydrogens (tertiary/aromatic N) is 1. The van der Waals surface area contributed by atoms with Gasteiger partial charge in [-0.2, -0.15) is 0 Å². The maximum atomic E-state index is 2.50. The Morgan fingerprint density at radius 1 is 1.33 bits per heavy atom. The van der Waals surface area contributed by atoms with Crippen molar-refractivity contribution in [2.75, 3.05) is 20.1 Å². The van der Waals surface area contributed by atoms with Crippen LogP contribution in [0.5, 0.6) is 0 Å². The summed E-state index contributed by atoms with van der Waals surface area (Å²) in [5.74, 6) is 0.834. The Labute approximate surface area is 94.5 Å². The molecule has 86 valence electrons. The molecular formula is C14H25N. The maximum Gasteiger partial charge on any atom is 0.0163 e. The molecule has 0 unspecified atom stereocenters. The van der Waals surface area contributed by atoms with Crippen LogP contribution in [-0.2, 0) is 0 Å². The van der Waals surface area contributed by atoms with Gasteiger partial charge < -0.3 is 4.90 Å². The third-order valence-corrected chi connectivity index (χ3v) is 4.93. The smallest absolute Gasteiger partial charge is 0.0163 e. The van der Waals surface area contributed by atoms with Crippen LogP contribution in [0.3, 0.4) is 0 Å². The molecule has 15 heavy (non-hydrogen) atoms. The first-order valence-electron chi connectivity index (χ1n) is 6.26. The minimum absolute atomic E-state index is 0.411. The lowest BCUT2D eigenvalue weighted by Crippen LogP contribution is -2.48. The molecule has 1 saturated carbocycles. The highest BCUT2D eigenvalue weighted by Gasteiger charge is 2.46. The summed E-state index contributed by atoms with van der Waals surface area (Å²) in [5, 5.41) is 0. The van der Waals surface area contributed by atoms with Gasteiger partial charge in [-0.05, 0) is 31.2 Å². The van der Waals surface area contributed by atoms with E-state index in [9.17, 15) is 0 Å². The normalized spacial score (nSPS) is 40.9. The van der Waals surface area contributed by atoms with E-state index in [0.29, 0.717) is 10.8 Å². The van der Waals surface area contributed by atoms with E-state index in [1.807, 2.05) is 0 Å². The summed E-state index contributed by atoms with van der Waals surface area (Å²) in [6, 6.07) is 0. The van der Waals surface area contributed by atoms with Crippen molar-refractivity contribution in [3.8, 4) is 0 Å². The molecule has 0 amide bonds. The molecule has 1 nitrogen and oxygen atoms in total. The highest BCUT2D eigenvalue weighted by molar-refractivity contribution is 5.27. The van der Waals surface area contributed by atoms with Gasteiger partial charge in [0.05, 0.1) is 0 Å². The first-order valence-corrected chi connectivity index (χ1v) is 6.26. The molecule has 2 rings (SSSR count). The second-order valence-corrected chi connectivity index (χ2v) is 6.54. The van der Waals surface area contributed by atoms with E-state index in [4.69, 9.17) is 0 Å². The van der Waals surface area contributed by atoms with Crippen molar-refractivity contribution in [3.05, 3.63) is 11.6 Å². The SMILES string of the molecule is C[C@H]1CC[C@]2(C)CN(C)CC=C2C1(C)C. The van der Waals surface area contributed by atoms with Gasteiger partial charge in [0.25, 0.3) is 0 Å². The van der Waals surface area contributed by atoms with Gasteiger partial charge in [0, 0.05) is 18.5 Å². The molecule has 0 aromatic carbocycles. The molecule has 0 saturated heterocycles. The monoisotopic (exact) mass is 207 g/mol. The maximum absolute atomic E-state index is 2.50. The Bertz CT molecular complexity index is 290. The van der Waals surface area contributed by atoms with Crippen molar-refractivity contribution in [1.82, 2.24) is 4.90 Å². The molecule has 2 aliphatic rings. The van der Waals surface area contributed by atoms with Crippen LogP contribution in [0, 0.1) is 16.7 Å². The van der Waals surface area contributed by atoms with Gasteiger partial charge in [-0.25, -0.2) is 0 Å². The largest absolute Gasteiger partial charge is 0.302 e. The minimum atomic E-state index is 0.411. The molecule has 1 aliphatic carbocycles. The zero-order valence-corrected chi connectivity index (χ0v) is 10.9. The molecule has 0 bridgehead atoms. The van der Waals surface area contributed by atoms with Crippen molar-refractivity contribution >= 4 is 0 Å². The molecule has 2 atom stereocenters. The molecule has 0 N–H and O–H groups in total. The van der Waals surface area contributed by atoms with Crippen molar-refractivity contribution in [3.63, 3.8) is 0 Å². The predicted octanol–water partition coefficient (Wildman–Crippen LogP) is 3.32. The van der Waals surface area contributed by atoms with Gasteiger partial charge in [-0.15, -0.1) is 0 Å². The van der Waals surface area contributed by atoms with Crippen molar-refractivity contribution in [2.24, 2.45) is 16.7 Å². The lowest BCUT2D eigenvalue weighted by Gasteiger charge is -2.53. The fraction of sp³-hybridized carbons (Fsp3) is 0.857. The average molecular weight is 207 g/mol. The van der Waals surface area contributed by atoms with Crippen molar-refractivity contribution in [2.45, 2.75) is 40.5 Å². The third-order valence-electron chi connectivity index (χ3n) is 4.93. The summed E-state index contributed by atoms with van der Waals surface area (Å²) in [6.07, 6.45) is 5.25. The highest BCUT2D eigenvalue weighted by Crippen LogP contribution is 2.54. The molecule has 1 heterocycles.